The summed E-state index contributed by atoms with van der Waals surface area (Å²) in [5, 5.41) is 17.5. The lowest BCUT2D eigenvalue weighted by atomic mass is 9.98. The van der Waals surface area contributed by atoms with E-state index in [4.69, 9.17) is 14.9 Å². The number of carbonyl (C=O) groups is 1. The Hall–Kier alpha value is -2.03. The van der Waals surface area contributed by atoms with Crippen LogP contribution in [0.5, 0.6) is 5.75 Å². The van der Waals surface area contributed by atoms with Gasteiger partial charge in [0.1, 0.15) is 17.0 Å². The van der Waals surface area contributed by atoms with Crippen molar-refractivity contribution in [3.8, 4) is 5.75 Å². The largest absolute Gasteiger partial charge is 0.506 e. The van der Waals surface area contributed by atoms with Crippen LogP contribution in [0, 0.1) is 0 Å². The molecule has 2 N–H and O–H groups in total. The van der Waals surface area contributed by atoms with Gasteiger partial charge in [0.05, 0.1) is 12.3 Å². The van der Waals surface area contributed by atoms with Crippen molar-refractivity contribution in [2.75, 3.05) is 0 Å². The third-order valence-corrected chi connectivity index (χ3v) is 5.91. The number of amides is 1. The van der Waals surface area contributed by atoms with Gasteiger partial charge >= 0.3 is 12.3 Å². The summed E-state index contributed by atoms with van der Waals surface area (Å²) in [4.78, 5) is 16.9. The van der Waals surface area contributed by atoms with Crippen molar-refractivity contribution in [2.24, 2.45) is 0 Å². The van der Waals surface area contributed by atoms with Gasteiger partial charge < -0.3 is 19.8 Å². The molecule has 1 aromatic rings. The summed E-state index contributed by atoms with van der Waals surface area (Å²) in [5.41, 5.74) is -1.37. The molecule has 2 aliphatic heterocycles. The minimum Gasteiger partial charge on any atom is -0.506 e. The molecule has 2 atom stereocenters. The average molecular weight is 475 g/mol. The van der Waals surface area contributed by atoms with Gasteiger partial charge in [-0.15, -0.1) is 0 Å². The molecular formula is C24H37F3N2O4. The molecule has 1 saturated carbocycles. The zero-order valence-electron chi connectivity index (χ0n) is 19.8. The van der Waals surface area contributed by atoms with E-state index in [1.807, 2.05) is 25.7 Å². The highest BCUT2D eigenvalue weighted by Crippen LogP contribution is 2.36. The molecule has 1 aliphatic carbocycles. The molecule has 0 radical (unpaired) electrons. The van der Waals surface area contributed by atoms with Crippen molar-refractivity contribution >= 4 is 6.09 Å². The van der Waals surface area contributed by atoms with Crippen molar-refractivity contribution < 1.29 is 32.9 Å². The van der Waals surface area contributed by atoms with Gasteiger partial charge in [0.2, 0.25) is 0 Å². The third kappa shape index (κ3) is 9.39. The summed E-state index contributed by atoms with van der Waals surface area (Å²) in [6.45, 7) is 5.78. The van der Waals surface area contributed by atoms with Crippen LogP contribution in [0.2, 0.25) is 0 Å². The lowest BCUT2D eigenvalue weighted by molar-refractivity contribution is -0.141. The average Bonchev–Trinajstić information content (AvgIpc) is 2.97. The van der Waals surface area contributed by atoms with Crippen molar-refractivity contribution in [3.05, 3.63) is 24.0 Å². The maximum Gasteiger partial charge on any atom is 0.433 e. The number of piperidine rings is 1. The van der Waals surface area contributed by atoms with Crippen LogP contribution in [-0.4, -0.2) is 50.0 Å². The van der Waals surface area contributed by atoms with E-state index in [9.17, 15) is 18.0 Å². The molecule has 33 heavy (non-hydrogen) atoms. The van der Waals surface area contributed by atoms with Crippen molar-refractivity contribution in [1.82, 2.24) is 9.88 Å². The maximum absolute atomic E-state index is 12.0. The highest BCUT2D eigenvalue weighted by molar-refractivity contribution is 5.69. The number of aliphatic hydroxyl groups is 1. The number of alkyl halides is 3. The van der Waals surface area contributed by atoms with E-state index in [1.54, 1.807) is 0 Å². The zero-order chi connectivity index (χ0) is 24.6. The minimum atomic E-state index is -4.44. The fourth-order valence-corrected chi connectivity index (χ4v) is 4.36. The molecule has 6 nitrogen and oxygen atoms in total. The number of halogens is 3. The van der Waals surface area contributed by atoms with Crippen LogP contribution < -0.4 is 0 Å². The number of pyridine rings is 1. The second-order valence-corrected chi connectivity index (χ2v) is 9.89. The number of rotatable bonds is 0. The van der Waals surface area contributed by atoms with E-state index in [0.717, 1.165) is 44.0 Å². The van der Waals surface area contributed by atoms with Crippen molar-refractivity contribution in [2.45, 2.75) is 115 Å². The molecule has 2 unspecified atom stereocenters. The number of hydrogen-bond donors (Lipinski definition) is 2. The van der Waals surface area contributed by atoms with E-state index in [1.165, 1.54) is 38.5 Å². The van der Waals surface area contributed by atoms with Gasteiger partial charge in [0, 0.05) is 12.1 Å². The molecule has 4 rings (SSSR count). The molecule has 1 amide bonds. The Balaban J connectivity index is 0.000000188. The molecular weight excluding hydrogens is 437 g/mol. The van der Waals surface area contributed by atoms with Gasteiger partial charge in [0.15, 0.2) is 0 Å². The van der Waals surface area contributed by atoms with Gasteiger partial charge in [0.25, 0.3) is 0 Å². The van der Waals surface area contributed by atoms with Gasteiger partial charge in [-0.2, -0.15) is 13.2 Å². The standard InChI is InChI=1S/C12H21NO2.C6H4F3NO.C6H12O/c1-12(2,3)15-11(14)13-9-5-4-6-10(13)8-7-9;7-6(8,9)5-2-1-4(11)3-10-5;7-6-4-2-1-3-5-6/h9-10H,4-8H2,1-3H3;1-3,11H;6-7H,1-5H2. The van der Waals surface area contributed by atoms with Gasteiger partial charge in [-0.3, -0.25) is 0 Å². The van der Waals surface area contributed by atoms with Crippen molar-refractivity contribution in [3.63, 3.8) is 0 Å². The van der Waals surface area contributed by atoms with Crippen LogP contribution in [0.25, 0.3) is 0 Å². The number of ether oxygens (including phenoxy) is 1. The number of aromatic nitrogens is 1. The highest BCUT2D eigenvalue weighted by atomic mass is 19.4. The van der Waals surface area contributed by atoms with Gasteiger partial charge in [-0.1, -0.05) is 19.3 Å². The van der Waals surface area contributed by atoms with Gasteiger partial charge in [-0.25, -0.2) is 9.78 Å². The fourth-order valence-electron chi connectivity index (χ4n) is 4.36. The lowest BCUT2D eigenvalue weighted by Crippen LogP contribution is -2.46. The van der Waals surface area contributed by atoms with Crippen LogP contribution in [0.3, 0.4) is 0 Å². The Morgan fingerprint density at radius 3 is 1.94 bits per heavy atom. The second kappa shape index (κ2) is 11.9. The summed E-state index contributed by atoms with van der Waals surface area (Å²) in [5.74, 6) is -0.280. The molecule has 3 heterocycles. The minimum absolute atomic E-state index is 0.0359. The maximum atomic E-state index is 12.0. The smallest absolute Gasteiger partial charge is 0.433 e. The van der Waals surface area contributed by atoms with E-state index >= 15 is 0 Å². The quantitative estimate of drug-likeness (QED) is 0.478. The van der Waals surface area contributed by atoms with Crippen LogP contribution in [0.15, 0.2) is 18.3 Å². The summed E-state index contributed by atoms with van der Waals surface area (Å²) < 4.78 is 40.8. The molecule has 3 fully saturated rings. The Kier molecular flexibility index (Phi) is 9.82. The molecule has 2 bridgehead atoms. The van der Waals surface area contributed by atoms with E-state index in [0.29, 0.717) is 12.1 Å². The van der Waals surface area contributed by atoms with Crippen molar-refractivity contribution in [1.29, 1.82) is 0 Å². The molecule has 2 saturated heterocycles. The molecule has 188 valence electrons. The Bertz CT molecular complexity index is 713. The Morgan fingerprint density at radius 2 is 1.55 bits per heavy atom. The highest BCUT2D eigenvalue weighted by Gasteiger charge is 2.41. The SMILES string of the molecule is CC(C)(C)OC(=O)N1C2CCCC1CC2.OC1CCCCC1.Oc1ccc(C(F)(F)F)nc1. The predicted octanol–water partition coefficient (Wildman–Crippen LogP) is 6.06. The van der Waals surface area contributed by atoms with Crippen LogP contribution in [-0.2, 0) is 10.9 Å². The Labute approximate surface area is 194 Å². The van der Waals surface area contributed by atoms with Gasteiger partial charge in [-0.05, 0) is 77.8 Å². The molecule has 9 heteroatoms. The monoisotopic (exact) mass is 474 g/mol. The second-order valence-electron chi connectivity index (χ2n) is 9.89. The summed E-state index contributed by atoms with van der Waals surface area (Å²) in [6, 6.07) is 2.57. The first-order valence-corrected chi connectivity index (χ1v) is 11.8. The number of nitrogens with zero attached hydrogens (tertiary/aromatic N) is 2. The lowest BCUT2D eigenvalue weighted by Gasteiger charge is -2.35. The van der Waals surface area contributed by atoms with E-state index in [-0.39, 0.29) is 23.5 Å². The first-order valence-electron chi connectivity index (χ1n) is 11.8. The molecule has 1 aromatic heterocycles. The fraction of sp³-hybridized carbons (Fsp3) is 0.750. The topological polar surface area (TPSA) is 82.9 Å². The number of fused-ring (bicyclic) bond motifs is 2. The normalized spacial score (nSPS) is 23.1. The van der Waals surface area contributed by atoms with E-state index in [2.05, 4.69) is 4.98 Å². The number of carbonyl (C=O) groups excluding carboxylic acids is 1. The number of aromatic hydroxyl groups is 1. The Morgan fingerprint density at radius 1 is 0.970 bits per heavy atom. The predicted molar refractivity (Wildman–Crippen MR) is 119 cm³/mol. The van der Waals surface area contributed by atoms with Crippen LogP contribution in [0.1, 0.15) is 90.7 Å². The zero-order valence-corrected chi connectivity index (χ0v) is 19.8. The summed E-state index contributed by atoms with van der Waals surface area (Å²) in [6.07, 6.45) is 8.08. The number of aliphatic hydroxyl groups excluding tert-OH is 1. The summed E-state index contributed by atoms with van der Waals surface area (Å²) >= 11 is 0. The molecule has 0 aromatic carbocycles. The van der Waals surface area contributed by atoms with Crippen LogP contribution >= 0.6 is 0 Å². The first-order chi connectivity index (χ1) is 15.4. The first kappa shape index (κ1) is 27.2. The summed E-state index contributed by atoms with van der Waals surface area (Å²) in [7, 11) is 0. The van der Waals surface area contributed by atoms with Crippen LogP contribution in [0.4, 0.5) is 18.0 Å². The molecule has 3 aliphatic rings. The number of hydrogen-bond acceptors (Lipinski definition) is 5. The van der Waals surface area contributed by atoms with E-state index < -0.39 is 11.9 Å². The molecule has 0 spiro atoms. The third-order valence-electron chi connectivity index (χ3n) is 5.91.